The zero-order valence-corrected chi connectivity index (χ0v) is 18.3. The summed E-state index contributed by atoms with van der Waals surface area (Å²) in [6.45, 7) is 5.40. The number of rotatable bonds is 6. The Morgan fingerprint density at radius 1 is 1.22 bits per heavy atom. The first kappa shape index (κ1) is 22.4. The SMILES string of the molecule is CCOC(=O)COc1ccc(C=C2C(C)=C(C#N)c3nc(N)c(C#N)c(C)c32)cc1OC. The molecule has 0 saturated heterocycles. The minimum absolute atomic E-state index is 0.107. The van der Waals surface area contributed by atoms with E-state index in [1.165, 1.54) is 7.11 Å². The molecule has 1 aliphatic rings. The number of nitrogen functional groups attached to an aromatic ring is 1. The number of methoxy groups -OCH3 is 1. The van der Waals surface area contributed by atoms with Crippen molar-refractivity contribution in [2.75, 3.05) is 26.1 Å². The molecular formula is C24H22N4O4. The lowest BCUT2D eigenvalue weighted by Gasteiger charge is -2.13. The van der Waals surface area contributed by atoms with Crippen molar-refractivity contribution >= 4 is 29.0 Å². The highest BCUT2D eigenvalue weighted by atomic mass is 16.6. The lowest BCUT2D eigenvalue weighted by atomic mass is 9.95. The van der Waals surface area contributed by atoms with Gasteiger partial charge in [0, 0.05) is 5.56 Å². The Kier molecular flexibility index (Phi) is 6.46. The average Bonchev–Trinajstić information content (AvgIpc) is 3.03. The van der Waals surface area contributed by atoms with Crippen LogP contribution < -0.4 is 15.2 Å². The number of benzene rings is 1. The first-order valence-electron chi connectivity index (χ1n) is 9.86. The van der Waals surface area contributed by atoms with Gasteiger partial charge in [-0.25, -0.2) is 9.78 Å². The van der Waals surface area contributed by atoms with E-state index >= 15 is 0 Å². The van der Waals surface area contributed by atoms with E-state index in [-0.39, 0.29) is 19.0 Å². The van der Waals surface area contributed by atoms with Gasteiger partial charge in [-0.3, -0.25) is 0 Å². The van der Waals surface area contributed by atoms with Crippen molar-refractivity contribution in [1.29, 1.82) is 10.5 Å². The number of carbonyl (C=O) groups is 1. The maximum atomic E-state index is 11.6. The Hall–Kier alpha value is -4.30. The number of hydrogen-bond donors (Lipinski definition) is 1. The maximum Gasteiger partial charge on any atom is 0.344 e. The predicted molar refractivity (Wildman–Crippen MR) is 119 cm³/mol. The quantitative estimate of drug-likeness (QED) is 0.687. The third-order valence-electron chi connectivity index (χ3n) is 5.13. The molecule has 0 saturated carbocycles. The van der Waals surface area contributed by atoms with Crippen molar-refractivity contribution in [3.63, 3.8) is 0 Å². The van der Waals surface area contributed by atoms with Crippen LogP contribution in [0.4, 0.5) is 5.82 Å². The van der Waals surface area contributed by atoms with Gasteiger partial charge in [-0.05, 0) is 61.3 Å². The summed E-state index contributed by atoms with van der Waals surface area (Å²) in [6.07, 6.45) is 1.89. The molecule has 32 heavy (non-hydrogen) atoms. The molecule has 0 atom stereocenters. The predicted octanol–water partition coefficient (Wildman–Crippen LogP) is 3.65. The number of aromatic nitrogens is 1. The van der Waals surface area contributed by atoms with Crippen LogP contribution in [0.2, 0.25) is 0 Å². The smallest absolute Gasteiger partial charge is 0.344 e. The van der Waals surface area contributed by atoms with Crippen LogP contribution in [0, 0.1) is 29.6 Å². The van der Waals surface area contributed by atoms with Crippen LogP contribution in [-0.4, -0.2) is 31.3 Å². The number of nitrogens with two attached hydrogens (primary N) is 1. The number of carbonyl (C=O) groups excluding carboxylic acids is 1. The summed E-state index contributed by atoms with van der Waals surface area (Å²) in [5.74, 6) is 0.477. The van der Waals surface area contributed by atoms with Crippen molar-refractivity contribution in [1.82, 2.24) is 4.98 Å². The third-order valence-corrected chi connectivity index (χ3v) is 5.13. The summed E-state index contributed by atoms with van der Waals surface area (Å²) in [5, 5.41) is 19.2. The standard InChI is InChI=1S/C24H22N4O4/c1-5-31-21(29)12-32-19-7-6-15(9-20(19)30-4)8-16-13(2)17(10-25)23-22(16)14(3)18(11-26)24(27)28-23/h6-9H,5,12H2,1-4H3,(H2,27,28). The number of fused-ring (bicyclic) bond motifs is 1. The second-order valence-corrected chi connectivity index (χ2v) is 7.01. The summed E-state index contributed by atoms with van der Waals surface area (Å²) < 4.78 is 15.8. The molecule has 0 fully saturated rings. The molecule has 3 rings (SSSR count). The highest BCUT2D eigenvalue weighted by Gasteiger charge is 2.29. The van der Waals surface area contributed by atoms with Gasteiger partial charge in [0.1, 0.15) is 18.0 Å². The molecule has 2 N–H and O–H groups in total. The first-order chi connectivity index (χ1) is 15.4. The summed E-state index contributed by atoms with van der Waals surface area (Å²) in [5.41, 5.74) is 10.8. The molecule has 0 radical (unpaired) electrons. The fourth-order valence-electron chi connectivity index (χ4n) is 3.59. The average molecular weight is 430 g/mol. The molecule has 2 aromatic rings. The number of nitriles is 2. The van der Waals surface area contributed by atoms with E-state index in [1.807, 2.05) is 13.0 Å². The van der Waals surface area contributed by atoms with Crippen LogP contribution in [0.3, 0.4) is 0 Å². The summed E-state index contributed by atoms with van der Waals surface area (Å²) >= 11 is 0. The highest BCUT2D eigenvalue weighted by molar-refractivity contribution is 6.08. The number of ether oxygens (including phenoxy) is 3. The number of nitrogens with zero attached hydrogens (tertiary/aromatic N) is 3. The number of hydrogen-bond acceptors (Lipinski definition) is 8. The normalized spacial score (nSPS) is 13.4. The minimum Gasteiger partial charge on any atom is -0.493 e. The fourth-order valence-corrected chi connectivity index (χ4v) is 3.59. The molecule has 1 heterocycles. The number of allylic oxidation sites excluding steroid dienone is 3. The van der Waals surface area contributed by atoms with E-state index in [1.54, 1.807) is 32.0 Å². The van der Waals surface area contributed by atoms with E-state index in [2.05, 4.69) is 17.1 Å². The van der Waals surface area contributed by atoms with Crippen molar-refractivity contribution in [2.24, 2.45) is 0 Å². The van der Waals surface area contributed by atoms with Gasteiger partial charge >= 0.3 is 5.97 Å². The second-order valence-electron chi connectivity index (χ2n) is 7.01. The van der Waals surface area contributed by atoms with Gasteiger partial charge in [0.25, 0.3) is 0 Å². The van der Waals surface area contributed by atoms with Crippen LogP contribution in [-0.2, 0) is 9.53 Å². The van der Waals surface area contributed by atoms with Crippen LogP contribution in [0.5, 0.6) is 11.5 Å². The van der Waals surface area contributed by atoms with Gasteiger partial charge in [-0.1, -0.05) is 6.07 Å². The number of esters is 1. The van der Waals surface area contributed by atoms with Crippen LogP contribution >= 0.6 is 0 Å². The largest absolute Gasteiger partial charge is 0.493 e. The third kappa shape index (κ3) is 3.99. The molecule has 0 spiro atoms. The van der Waals surface area contributed by atoms with Crippen molar-refractivity contribution in [2.45, 2.75) is 20.8 Å². The molecule has 0 bridgehead atoms. The fraction of sp³-hybridized carbons (Fsp3) is 0.250. The van der Waals surface area contributed by atoms with Crippen LogP contribution in [0.25, 0.3) is 17.2 Å². The van der Waals surface area contributed by atoms with Crippen LogP contribution in [0.15, 0.2) is 23.8 Å². The molecule has 1 aliphatic carbocycles. The molecule has 1 aromatic carbocycles. The van der Waals surface area contributed by atoms with Crippen molar-refractivity contribution in [3.8, 4) is 23.6 Å². The summed E-state index contributed by atoms with van der Waals surface area (Å²) in [4.78, 5) is 15.9. The van der Waals surface area contributed by atoms with Gasteiger partial charge in [-0.15, -0.1) is 0 Å². The van der Waals surface area contributed by atoms with Gasteiger partial charge in [0.15, 0.2) is 18.1 Å². The molecule has 162 valence electrons. The van der Waals surface area contributed by atoms with Gasteiger partial charge < -0.3 is 19.9 Å². The monoisotopic (exact) mass is 430 g/mol. The van der Waals surface area contributed by atoms with Crippen LogP contribution in [0.1, 0.15) is 41.8 Å². The molecule has 0 amide bonds. The Morgan fingerprint density at radius 3 is 2.59 bits per heavy atom. The second kappa shape index (κ2) is 9.23. The van der Waals surface area contributed by atoms with E-state index < -0.39 is 5.97 Å². The van der Waals surface area contributed by atoms with Crippen molar-refractivity contribution < 1.29 is 19.0 Å². The molecule has 8 heteroatoms. The summed E-state index contributed by atoms with van der Waals surface area (Å²) in [6, 6.07) is 9.55. The summed E-state index contributed by atoms with van der Waals surface area (Å²) in [7, 11) is 1.50. The molecule has 1 aromatic heterocycles. The lowest BCUT2D eigenvalue weighted by Crippen LogP contribution is -2.14. The molecule has 8 nitrogen and oxygen atoms in total. The van der Waals surface area contributed by atoms with E-state index in [0.717, 1.165) is 16.7 Å². The zero-order chi connectivity index (χ0) is 23.4. The molecule has 0 aliphatic heterocycles. The first-order valence-corrected chi connectivity index (χ1v) is 9.86. The van der Waals surface area contributed by atoms with Gasteiger partial charge in [-0.2, -0.15) is 10.5 Å². The minimum atomic E-state index is -0.469. The van der Waals surface area contributed by atoms with Gasteiger partial charge in [0.05, 0.1) is 30.5 Å². The zero-order valence-electron chi connectivity index (χ0n) is 18.3. The van der Waals surface area contributed by atoms with Crippen molar-refractivity contribution in [3.05, 3.63) is 51.7 Å². The highest BCUT2D eigenvalue weighted by Crippen LogP contribution is 2.44. The topological polar surface area (TPSA) is 131 Å². The van der Waals surface area contributed by atoms with E-state index in [4.69, 9.17) is 19.9 Å². The lowest BCUT2D eigenvalue weighted by molar-refractivity contribution is -0.145. The molecule has 0 unspecified atom stereocenters. The maximum absolute atomic E-state index is 11.6. The van der Waals surface area contributed by atoms with E-state index in [9.17, 15) is 15.3 Å². The number of anilines is 1. The van der Waals surface area contributed by atoms with Gasteiger partial charge in [0.2, 0.25) is 0 Å². The Bertz CT molecular complexity index is 1250. The molecular weight excluding hydrogens is 408 g/mol. The number of pyridine rings is 1. The Balaban J connectivity index is 2.06. The van der Waals surface area contributed by atoms with E-state index in [0.29, 0.717) is 39.5 Å². The Labute approximate surface area is 186 Å². The Morgan fingerprint density at radius 2 is 1.97 bits per heavy atom.